The Bertz CT molecular complexity index is 4430. The molecule has 5 N–H and O–H groups in total. The third-order valence-electron chi connectivity index (χ3n) is 21.1. The van der Waals surface area contributed by atoms with Gasteiger partial charge < -0.3 is 69.0 Å². The molecule has 4 aromatic carbocycles. The molecule has 0 aliphatic carbocycles. The van der Waals surface area contributed by atoms with Gasteiger partial charge in [-0.1, -0.05) is 26.0 Å². The lowest BCUT2D eigenvalue weighted by molar-refractivity contribution is -0.174. The Morgan fingerprint density at radius 1 is 0.578 bits per heavy atom. The molecule has 4 bridgehead atoms. The number of piperazine rings is 2. The number of methoxy groups -OCH3 is 2. The van der Waals surface area contributed by atoms with Crippen molar-refractivity contribution in [3.05, 3.63) is 78.9 Å². The fourth-order valence-corrected chi connectivity index (χ4v) is 16.8. The molecular formula is C74H85ClF6N10O18. The summed E-state index contributed by atoms with van der Waals surface area (Å²) in [6.45, 7) is 14.9. The number of hydrogen-bond acceptors (Lipinski definition) is 24. The lowest BCUT2D eigenvalue weighted by Crippen LogP contribution is -2.69. The number of nitrogens with zero attached hydrogens (tertiary/aromatic N) is 6. The lowest BCUT2D eigenvalue weighted by atomic mass is 9.71. The standard InChI is InChI=1S/C37H42F3N5O9.C33H36F3N5O8.C4H7ClO/c1-8-9-26(47)54-34-27-20(10-16(2)30(34)50-7)11-22-24(13-41)45-23(29(27)44(22)6)12-21-28(33-32(51-15-52-33)17(3)31(21)53-19(5)46)25(45)14-42-35(48)18(4)43-36(49)37(38,39)40;1-13-7-17-8-19-21(10-37)41-20(25(40(19)5)23(17)26(43)27(13)46-6)9-18-24(30-29(47-12-48-30)14(2)28(18)49-16(4)42)22(41)11-38-31(44)15(3)39-32(45)33(34,35)36;1-2-3-4(5)6/h10,18,22-25,29H,8-9,11-12,14-15H2,1-7H3,(H,42,48)(H,43,49);7,15,19-22,25,43H,8-9,11-12H2,1-6H3,(H,38,44)(H,39,45);2-3H2,1H3/t18-,22-,23?,24-,25-,29-;15-,19-,20?,21-,22-,25-;/m00./s1. The molecule has 0 saturated carbocycles. The SMILES string of the molecule is CCCC(=O)Cl.CCCC(=O)Oc1c(OC)c(C)cc2c1[C@@H]1C3Cc4c(OC(C)=O)c(C)c5c(c4[C@H](CNC(=O)[C@H](C)NC(=O)C(F)(F)F)N3[C@@H](C#N)[C@H](C2)N1C)OCO5.COc1c(C)cc2c(c1O)[C@@H]1C3Cc4c(OC(C)=O)c(C)c5c(c4[C@H](CNC(=O)[C@H](C)NC(=O)C(F)(F)F)N3[C@@H](C#N)[C@H](C2)N1C)OCO5. The van der Waals surface area contributed by atoms with Gasteiger partial charge in [0.25, 0.3) is 0 Å². The Morgan fingerprint density at radius 2 is 0.972 bits per heavy atom. The summed E-state index contributed by atoms with van der Waals surface area (Å²) in [4.78, 5) is 106. The Kier molecular flexibility index (Phi) is 24.2. The van der Waals surface area contributed by atoms with Crippen LogP contribution in [0.5, 0.6) is 57.5 Å². The highest BCUT2D eigenvalue weighted by molar-refractivity contribution is 6.63. The van der Waals surface area contributed by atoms with Crippen molar-refractivity contribution >= 4 is 58.4 Å². The number of ether oxygens (including phenoxy) is 9. The van der Waals surface area contributed by atoms with Gasteiger partial charge in [0.05, 0.1) is 50.5 Å². The second-order valence-electron chi connectivity index (χ2n) is 27.9. The first kappa shape index (κ1) is 81.6. The van der Waals surface area contributed by atoms with E-state index in [-0.39, 0.29) is 80.2 Å². The zero-order valence-electron chi connectivity index (χ0n) is 62.3. The number of fused-ring (bicyclic) bond motifs is 18. The monoisotopic (exact) mass is 1550 g/mol. The summed E-state index contributed by atoms with van der Waals surface area (Å²) in [7, 11) is 6.72. The number of likely N-dealkylation sites (N-methyl/N-ethyl adjacent to an activating group) is 2. The van der Waals surface area contributed by atoms with Gasteiger partial charge >= 0.3 is 42.1 Å². The van der Waals surface area contributed by atoms with Crippen molar-refractivity contribution in [2.45, 2.75) is 205 Å². The number of phenols is 1. The first-order valence-corrected chi connectivity index (χ1v) is 35.6. The van der Waals surface area contributed by atoms with E-state index in [0.29, 0.717) is 105 Å². The molecule has 12 rings (SSSR count). The van der Waals surface area contributed by atoms with E-state index < -0.39 is 120 Å². The minimum atomic E-state index is -5.20. The maximum absolute atomic E-state index is 13.3. The number of nitrogens with one attached hydrogen (secondary N) is 4. The van der Waals surface area contributed by atoms with Gasteiger partial charge in [0.15, 0.2) is 46.0 Å². The minimum absolute atomic E-state index is 0.0323. The third-order valence-corrected chi connectivity index (χ3v) is 21.2. The fourth-order valence-electron chi connectivity index (χ4n) is 16.7. The van der Waals surface area contributed by atoms with E-state index in [1.807, 2.05) is 68.6 Å². The van der Waals surface area contributed by atoms with Crippen LogP contribution in [-0.2, 0) is 64.0 Å². The van der Waals surface area contributed by atoms with Crippen LogP contribution in [0.4, 0.5) is 26.3 Å². The number of halogens is 7. The highest BCUT2D eigenvalue weighted by atomic mass is 35.5. The molecule has 35 heteroatoms. The van der Waals surface area contributed by atoms with Crippen LogP contribution in [-0.4, -0.2) is 187 Å². The van der Waals surface area contributed by atoms with Crippen LogP contribution in [0.2, 0.25) is 0 Å². The number of aromatic hydroxyl groups is 1. The molecule has 12 atom stereocenters. The van der Waals surface area contributed by atoms with Crippen LogP contribution >= 0.6 is 11.6 Å². The number of benzene rings is 4. The molecule has 2 saturated heterocycles. The van der Waals surface area contributed by atoms with Gasteiger partial charge in [-0.25, -0.2) is 0 Å². The quantitative estimate of drug-likeness (QED) is 0.0291. The predicted molar refractivity (Wildman–Crippen MR) is 373 cm³/mol. The Balaban J connectivity index is 0.000000217. The molecule has 8 aliphatic rings. The van der Waals surface area contributed by atoms with Gasteiger partial charge in [-0.2, -0.15) is 36.9 Å². The van der Waals surface area contributed by atoms with Crippen LogP contribution in [0.1, 0.15) is 158 Å². The number of esters is 3. The summed E-state index contributed by atoms with van der Waals surface area (Å²) in [5, 5.41) is 41.8. The highest BCUT2D eigenvalue weighted by Gasteiger charge is 2.60. The first-order valence-electron chi connectivity index (χ1n) is 35.2. The van der Waals surface area contributed by atoms with Crippen LogP contribution in [0.15, 0.2) is 12.1 Å². The number of alkyl halides is 6. The van der Waals surface area contributed by atoms with Gasteiger partial charge in [-0.3, -0.25) is 58.0 Å². The Labute approximate surface area is 628 Å². The van der Waals surface area contributed by atoms with Crippen LogP contribution < -0.4 is 63.9 Å². The average Bonchev–Trinajstić information content (AvgIpc) is 1.41. The normalized spacial score (nSPS) is 22.9. The van der Waals surface area contributed by atoms with Gasteiger partial charge in [0.1, 0.15) is 35.7 Å². The molecule has 28 nitrogen and oxygen atoms in total. The van der Waals surface area contributed by atoms with Crippen LogP contribution in [0.25, 0.3) is 0 Å². The van der Waals surface area contributed by atoms with E-state index in [1.54, 1.807) is 24.5 Å². The van der Waals surface area contributed by atoms with Crippen molar-refractivity contribution in [2.24, 2.45) is 0 Å². The maximum Gasteiger partial charge on any atom is 0.471 e. The molecule has 8 heterocycles. The average molecular weight is 1550 g/mol. The molecule has 109 heavy (non-hydrogen) atoms. The molecule has 4 amide bonds. The highest BCUT2D eigenvalue weighted by Crippen LogP contribution is 2.61. The zero-order valence-corrected chi connectivity index (χ0v) is 63.0. The minimum Gasteiger partial charge on any atom is -0.504 e. The number of aryl methyl sites for hydroxylation is 2. The summed E-state index contributed by atoms with van der Waals surface area (Å²) < 4.78 is 131. The van der Waals surface area contributed by atoms with E-state index in [0.717, 1.165) is 42.5 Å². The molecule has 2 unspecified atom stereocenters. The van der Waals surface area contributed by atoms with E-state index >= 15 is 0 Å². The lowest BCUT2D eigenvalue weighted by Gasteiger charge is -2.60. The van der Waals surface area contributed by atoms with E-state index in [9.17, 15) is 80.3 Å². The summed E-state index contributed by atoms with van der Waals surface area (Å²) >= 11 is 4.94. The number of hydrogen-bond donors (Lipinski definition) is 5. The number of phenolic OH excluding ortho intramolecular Hbond substituents is 1. The number of rotatable bonds is 17. The molecular weight excluding hydrogens is 1470 g/mol. The van der Waals surface area contributed by atoms with Crippen molar-refractivity contribution in [3.8, 4) is 69.6 Å². The third kappa shape index (κ3) is 15.5. The van der Waals surface area contributed by atoms with Crippen molar-refractivity contribution in [2.75, 3.05) is 55.0 Å². The molecule has 0 aromatic heterocycles. The molecule has 2 fully saturated rings. The van der Waals surface area contributed by atoms with Crippen LogP contribution in [0.3, 0.4) is 0 Å². The van der Waals surface area contributed by atoms with Gasteiger partial charge in [0.2, 0.25) is 30.6 Å². The number of nitriles is 2. The van der Waals surface area contributed by atoms with Crippen molar-refractivity contribution < 1.29 is 112 Å². The second-order valence-corrected chi connectivity index (χ2v) is 28.3. The molecule has 4 aromatic rings. The van der Waals surface area contributed by atoms with E-state index in [4.69, 9.17) is 54.2 Å². The zero-order chi connectivity index (χ0) is 80.1. The number of carbonyl (C=O) groups excluding carboxylic acids is 8. The summed E-state index contributed by atoms with van der Waals surface area (Å²) in [5.41, 5.74) is 7.58. The molecule has 0 radical (unpaired) electrons. The summed E-state index contributed by atoms with van der Waals surface area (Å²) in [6.07, 6.45) is -7.14. The Hall–Kier alpha value is -9.87. The first-order chi connectivity index (χ1) is 51.4. The second kappa shape index (κ2) is 32.4. The van der Waals surface area contributed by atoms with E-state index in [1.165, 1.54) is 28.1 Å². The van der Waals surface area contributed by atoms with Crippen molar-refractivity contribution in [3.63, 3.8) is 0 Å². The van der Waals surface area contributed by atoms with Crippen molar-refractivity contribution in [1.82, 2.24) is 40.9 Å². The van der Waals surface area contributed by atoms with Crippen molar-refractivity contribution in [1.29, 1.82) is 10.5 Å². The van der Waals surface area contributed by atoms with Gasteiger partial charge in [0, 0.05) is 108 Å². The fraction of sp³-hybridized carbons (Fsp3) is 0.541. The number of amides is 4. The van der Waals surface area contributed by atoms with Crippen LogP contribution in [0, 0.1) is 50.4 Å². The topological polar surface area (TPSA) is 349 Å². The molecule has 0 spiro atoms. The van der Waals surface area contributed by atoms with Gasteiger partial charge in [-0.15, -0.1) is 0 Å². The molecule has 8 aliphatic heterocycles. The molecule has 588 valence electrons. The largest absolute Gasteiger partial charge is 0.504 e. The smallest absolute Gasteiger partial charge is 0.471 e. The van der Waals surface area contributed by atoms with E-state index in [2.05, 4.69) is 27.7 Å². The maximum atomic E-state index is 13.3. The summed E-state index contributed by atoms with van der Waals surface area (Å²) in [5.74, 6) is -5.31. The van der Waals surface area contributed by atoms with Gasteiger partial charge in [-0.05, 0) is 128 Å². The Morgan fingerprint density at radius 3 is 1.34 bits per heavy atom. The summed E-state index contributed by atoms with van der Waals surface area (Å²) in [6, 6.07) is -0.606. The number of carbonyl (C=O) groups is 8. The predicted octanol–water partition coefficient (Wildman–Crippen LogP) is 7.80.